The van der Waals surface area contributed by atoms with E-state index in [-0.39, 0.29) is 11.8 Å². The summed E-state index contributed by atoms with van der Waals surface area (Å²) >= 11 is 0. The minimum Gasteiger partial charge on any atom is -0.288 e. The molecule has 0 radical (unpaired) electrons. The van der Waals surface area contributed by atoms with Gasteiger partial charge in [0.15, 0.2) is 0 Å². The highest BCUT2D eigenvalue weighted by Crippen LogP contribution is 2.21. The van der Waals surface area contributed by atoms with Crippen molar-refractivity contribution in [2.45, 2.75) is 0 Å². The van der Waals surface area contributed by atoms with E-state index in [1.807, 2.05) is 0 Å². The first-order valence-corrected chi connectivity index (χ1v) is 4.35. The number of imide groups is 1. The van der Waals surface area contributed by atoms with Crippen molar-refractivity contribution < 1.29 is 9.59 Å². The van der Waals surface area contributed by atoms with Crippen LogP contribution in [0.15, 0.2) is 24.7 Å². The number of hydrogen-bond acceptors (Lipinski definition) is 4. The summed E-state index contributed by atoms with van der Waals surface area (Å²) in [5.74, 6) is -0.726. The second-order valence-electron chi connectivity index (χ2n) is 3.26. The SMILES string of the molecule is O=C1NC(=O)c2cc3ncncc3cc21. The average molecular weight is 199 g/mol. The molecule has 0 saturated heterocycles. The Kier molecular flexibility index (Phi) is 1.39. The number of aromatic nitrogens is 2. The van der Waals surface area contributed by atoms with Crippen molar-refractivity contribution >= 4 is 22.7 Å². The van der Waals surface area contributed by atoms with Gasteiger partial charge in [-0.25, -0.2) is 9.97 Å². The zero-order chi connectivity index (χ0) is 10.4. The molecule has 0 spiro atoms. The lowest BCUT2D eigenvalue weighted by Gasteiger charge is -1.97. The number of hydrogen-bond donors (Lipinski definition) is 1. The molecular weight excluding hydrogens is 194 g/mol. The Morgan fingerprint density at radius 1 is 1.07 bits per heavy atom. The second-order valence-corrected chi connectivity index (χ2v) is 3.26. The average Bonchev–Trinajstić information content (AvgIpc) is 2.52. The van der Waals surface area contributed by atoms with Gasteiger partial charge in [-0.2, -0.15) is 0 Å². The van der Waals surface area contributed by atoms with E-state index in [0.717, 1.165) is 5.39 Å². The molecule has 2 amide bonds. The van der Waals surface area contributed by atoms with Crippen LogP contribution in [0.2, 0.25) is 0 Å². The van der Waals surface area contributed by atoms with Crippen LogP contribution >= 0.6 is 0 Å². The largest absolute Gasteiger partial charge is 0.288 e. The Hall–Kier alpha value is -2.30. The van der Waals surface area contributed by atoms with E-state index in [9.17, 15) is 9.59 Å². The van der Waals surface area contributed by atoms with E-state index in [0.29, 0.717) is 16.6 Å². The smallest absolute Gasteiger partial charge is 0.259 e. The summed E-state index contributed by atoms with van der Waals surface area (Å²) in [6.07, 6.45) is 3.02. The fourth-order valence-corrected chi connectivity index (χ4v) is 1.64. The van der Waals surface area contributed by atoms with Gasteiger partial charge in [-0.05, 0) is 12.1 Å². The number of fused-ring (bicyclic) bond motifs is 2. The van der Waals surface area contributed by atoms with Gasteiger partial charge in [0.05, 0.1) is 16.6 Å². The molecule has 0 atom stereocenters. The number of rotatable bonds is 0. The lowest BCUT2D eigenvalue weighted by molar-refractivity contribution is 0.0879. The molecule has 0 fully saturated rings. The highest BCUT2D eigenvalue weighted by molar-refractivity contribution is 6.22. The van der Waals surface area contributed by atoms with Crippen LogP contribution in [0.25, 0.3) is 10.9 Å². The summed E-state index contributed by atoms with van der Waals surface area (Å²) in [5, 5.41) is 2.98. The Balaban J connectivity index is 2.41. The van der Waals surface area contributed by atoms with Gasteiger partial charge >= 0.3 is 0 Å². The number of amides is 2. The lowest BCUT2D eigenvalue weighted by Crippen LogP contribution is -2.19. The topological polar surface area (TPSA) is 72.0 Å². The van der Waals surface area contributed by atoms with Crippen molar-refractivity contribution in [2.75, 3.05) is 0 Å². The Morgan fingerprint density at radius 3 is 2.60 bits per heavy atom. The fraction of sp³-hybridized carbons (Fsp3) is 0. The van der Waals surface area contributed by atoms with Gasteiger partial charge in [-0.1, -0.05) is 0 Å². The predicted octanol–water partition coefficient (Wildman–Crippen LogP) is 0.513. The zero-order valence-electron chi connectivity index (χ0n) is 7.52. The third-order valence-corrected chi connectivity index (χ3v) is 2.36. The number of carbonyl (C=O) groups is 2. The summed E-state index contributed by atoms with van der Waals surface area (Å²) in [4.78, 5) is 30.6. The zero-order valence-corrected chi connectivity index (χ0v) is 7.52. The number of nitrogens with one attached hydrogen (secondary N) is 1. The fourth-order valence-electron chi connectivity index (χ4n) is 1.64. The van der Waals surface area contributed by atoms with Crippen LogP contribution in [0, 0.1) is 0 Å². The molecule has 1 aliphatic heterocycles. The summed E-state index contributed by atoms with van der Waals surface area (Å²) in [7, 11) is 0. The van der Waals surface area contributed by atoms with E-state index in [1.54, 1.807) is 18.3 Å². The molecule has 1 aliphatic rings. The van der Waals surface area contributed by atoms with Crippen LogP contribution in [0.3, 0.4) is 0 Å². The third-order valence-electron chi connectivity index (χ3n) is 2.36. The number of benzene rings is 1. The maximum atomic E-state index is 11.3. The molecule has 3 rings (SSSR count). The van der Waals surface area contributed by atoms with Gasteiger partial charge in [-0.15, -0.1) is 0 Å². The van der Waals surface area contributed by atoms with Gasteiger partial charge < -0.3 is 0 Å². The molecule has 1 aromatic heterocycles. The molecule has 5 nitrogen and oxygen atoms in total. The van der Waals surface area contributed by atoms with E-state index in [1.165, 1.54) is 6.33 Å². The normalized spacial score (nSPS) is 14.1. The Labute approximate surface area is 84.1 Å². The van der Waals surface area contributed by atoms with E-state index < -0.39 is 0 Å². The van der Waals surface area contributed by atoms with E-state index in [2.05, 4.69) is 15.3 Å². The second kappa shape index (κ2) is 2.60. The Bertz CT molecular complexity index is 554. The summed E-state index contributed by atoms with van der Waals surface area (Å²) in [6.45, 7) is 0. The summed E-state index contributed by atoms with van der Waals surface area (Å²) in [6, 6.07) is 3.23. The minimum atomic E-state index is -0.365. The maximum Gasteiger partial charge on any atom is 0.259 e. The molecule has 5 heteroatoms. The van der Waals surface area contributed by atoms with Gasteiger partial charge in [0.25, 0.3) is 11.8 Å². The molecule has 1 aromatic carbocycles. The predicted molar refractivity (Wildman–Crippen MR) is 51.3 cm³/mol. The molecule has 0 saturated carbocycles. The molecule has 0 bridgehead atoms. The molecule has 0 aliphatic carbocycles. The molecule has 2 aromatic rings. The summed E-state index contributed by atoms with van der Waals surface area (Å²) < 4.78 is 0. The van der Waals surface area contributed by atoms with Crippen LogP contribution in [-0.2, 0) is 0 Å². The van der Waals surface area contributed by atoms with Gasteiger partial charge in [-0.3, -0.25) is 14.9 Å². The molecule has 1 N–H and O–H groups in total. The Morgan fingerprint density at radius 2 is 1.80 bits per heavy atom. The first-order chi connectivity index (χ1) is 7.25. The maximum absolute atomic E-state index is 11.3. The van der Waals surface area contributed by atoms with Gasteiger partial charge in [0.1, 0.15) is 6.33 Å². The van der Waals surface area contributed by atoms with Crippen LogP contribution < -0.4 is 5.32 Å². The standard InChI is InChI=1S/C10H5N3O2/c14-9-6-1-5-3-11-4-12-8(5)2-7(6)10(15)13-9/h1-4H,(H,13,14,15). The highest BCUT2D eigenvalue weighted by Gasteiger charge is 2.27. The van der Waals surface area contributed by atoms with Crippen molar-refractivity contribution in [3.05, 3.63) is 35.8 Å². The van der Waals surface area contributed by atoms with Crippen LogP contribution in [0.4, 0.5) is 0 Å². The summed E-state index contributed by atoms with van der Waals surface area (Å²) in [5.41, 5.74) is 1.43. The molecule has 15 heavy (non-hydrogen) atoms. The minimum absolute atomic E-state index is 0.360. The number of carbonyl (C=O) groups excluding carboxylic acids is 2. The molecule has 2 heterocycles. The van der Waals surface area contributed by atoms with E-state index in [4.69, 9.17) is 0 Å². The van der Waals surface area contributed by atoms with Crippen LogP contribution in [-0.4, -0.2) is 21.8 Å². The van der Waals surface area contributed by atoms with Gasteiger partial charge in [0, 0.05) is 11.6 Å². The van der Waals surface area contributed by atoms with Gasteiger partial charge in [0.2, 0.25) is 0 Å². The molecule has 72 valence electrons. The van der Waals surface area contributed by atoms with Crippen molar-refractivity contribution in [1.82, 2.24) is 15.3 Å². The lowest BCUT2D eigenvalue weighted by atomic mass is 10.1. The van der Waals surface area contributed by atoms with Crippen molar-refractivity contribution in [2.24, 2.45) is 0 Å². The molecular formula is C10H5N3O2. The van der Waals surface area contributed by atoms with Crippen molar-refractivity contribution in [3.63, 3.8) is 0 Å². The quantitative estimate of drug-likeness (QED) is 0.627. The molecule has 0 unspecified atom stereocenters. The van der Waals surface area contributed by atoms with Crippen molar-refractivity contribution in [1.29, 1.82) is 0 Å². The highest BCUT2D eigenvalue weighted by atomic mass is 16.2. The van der Waals surface area contributed by atoms with Crippen LogP contribution in [0.5, 0.6) is 0 Å². The van der Waals surface area contributed by atoms with Crippen LogP contribution in [0.1, 0.15) is 20.7 Å². The van der Waals surface area contributed by atoms with E-state index >= 15 is 0 Å². The third kappa shape index (κ3) is 1.03. The first-order valence-electron chi connectivity index (χ1n) is 4.35. The monoisotopic (exact) mass is 199 g/mol. The number of nitrogens with zero attached hydrogens (tertiary/aromatic N) is 2. The first kappa shape index (κ1) is 8.05. The van der Waals surface area contributed by atoms with Crippen molar-refractivity contribution in [3.8, 4) is 0 Å².